The van der Waals surface area contributed by atoms with E-state index < -0.39 is 0 Å². The standard InChI is InChI=1S/C26H44O3/c1-25-15-12-24-22(9-7-19-17-21(28)11-14-26(19,24)2)23(25)10-8-18(25)5-4-6-20(27)13-16-29-3/h7,18,20-24,27-28H,4-6,8-17H2,1-3H3. The number of aliphatic hydroxyl groups excluding tert-OH is 2. The first-order valence-electron chi connectivity index (χ1n) is 12.4. The molecule has 29 heavy (non-hydrogen) atoms. The van der Waals surface area contributed by atoms with Crippen molar-refractivity contribution < 1.29 is 14.9 Å². The van der Waals surface area contributed by atoms with Crippen molar-refractivity contribution in [3.8, 4) is 0 Å². The Balaban J connectivity index is 1.40. The third-order valence-electron chi connectivity index (χ3n) is 10.0. The molecule has 0 amide bonds. The van der Waals surface area contributed by atoms with Crippen LogP contribution in [0.3, 0.4) is 0 Å². The maximum atomic E-state index is 10.2. The van der Waals surface area contributed by atoms with Gasteiger partial charge in [0.05, 0.1) is 12.2 Å². The molecule has 3 fully saturated rings. The van der Waals surface area contributed by atoms with Crippen LogP contribution < -0.4 is 0 Å². The van der Waals surface area contributed by atoms with E-state index in [9.17, 15) is 10.2 Å². The molecule has 0 saturated heterocycles. The van der Waals surface area contributed by atoms with Gasteiger partial charge in [-0.2, -0.15) is 0 Å². The van der Waals surface area contributed by atoms with E-state index in [2.05, 4.69) is 19.9 Å². The molecule has 8 atom stereocenters. The zero-order chi connectivity index (χ0) is 20.6. The van der Waals surface area contributed by atoms with E-state index in [1.807, 2.05) is 0 Å². The predicted molar refractivity (Wildman–Crippen MR) is 118 cm³/mol. The monoisotopic (exact) mass is 404 g/mol. The molecule has 0 aromatic heterocycles. The van der Waals surface area contributed by atoms with Crippen LogP contribution in [0.15, 0.2) is 11.6 Å². The summed E-state index contributed by atoms with van der Waals surface area (Å²) in [6.45, 7) is 5.80. The van der Waals surface area contributed by atoms with E-state index in [1.165, 1.54) is 44.9 Å². The first-order chi connectivity index (χ1) is 13.9. The van der Waals surface area contributed by atoms with Crippen LogP contribution in [0.5, 0.6) is 0 Å². The summed E-state index contributed by atoms with van der Waals surface area (Å²) >= 11 is 0. The van der Waals surface area contributed by atoms with Gasteiger partial charge >= 0.3 is 0 Å². The lowest BCUT2D eigenvalue weighted by Gasteiger charge is -2.58. The molecule has 0 bridgehead atoms. The van der Waals surface area contributed by atoms with Gasteiger partial charge in [0.1, 0.15) is 0 Å². The number of hydrogen-bond donors (Lipinski definition) is 2. The minimum Gasteiger partial charge on any atom is -0.393 e. The molecule has 3 saturated carbocycles. The average molecular weight is 405 g/mol. The number of aliphatic hydroxyl groups is 2. The second kappa shape index (κ2) is 8.63. The average Bonchev–Trinajstić information content (AvgIpc) is 3.03. The van der Waals surface area contributed by atoms with Gasteiger partial charge in [-0.3, -0.25) is 0 Å². The van der Waals surface area contributed by atoms with E-state index in [0.29, 0.717) is 17.4 Å². The Morgan fingerprint density at radius 1 is 1.10 bits per heavy atom. The zero-order valence-electron chi connectivity index (χ0n) is 19.0. The van der Waals surface area contributed by atoms with Crippen LogP contribution in [0, 0.1) is 34.5 Å². The molecule has 3 nitrogen and oxygen atoms in total. The molecule has 0 aromatic carbocycles. The summed E-state index contributed by atoms with van der Waals surface area (Å²) in [5.41, 5.74) is 2.45. The molecule has 3 heteroatoms. The van der Waals surface area contributed by atoms with Crippen molar-refractivity contribution in [2.75, 3.05) is 13.7 Å². The maximum Gasteiger partial charge on any atom is 0.0577 e. The van der Waals surface area contributed by atoms with Gasteiger partial charge in [-0.1, -0.05) is 31.9 Å². The normalized spacial score (nSPS) is 45.1. The van der Waals surface area contributed by atoms with Crippen molar-refractivity contribution >= 4 is 0 Å². The van der Waals surface area contributed by atoms with Crippen molar-refractivity contribution in [1.29, 1.82) is 0 Å². The Kier molecular flexibility index (Phi) is 6.50. The third-order valence-corrected chi connectivity index (χ3v) is 10.0. The summed E-state index contributed by atoms with van der Waals surface area (Å²) < 4.78 is 5.10. The topological polar surface area (TPSA) is 49.7 Å². The van der Waals surface area contributed by atoms with E-state index in [1.54, 1.807) is 12.7 Å². The minimum absolute atomic E-state index is 0.102. The summed E-state index contributed by atoms with van der Waals surface area (Å²) in [5.74, 6) is 3.42. The summed E-state index contributed by atoms with van der Waals surface area (Å²) in [7, 11) is 1.71. The SMILES string of the molecule is COCCC(O)CCCC1CCC2C3CC=C4CC(O)CCC4(C)C3CCC12C. The molecule has 4 aliphatic rings. The molecule has 8 unspecified atom stereocenters. The van der Waals surface area contributed by atoms with E-state index >= 15 is 0 Å². The Bertz CT molecular complexity index is 601. The van der Waals surface area contributed by atoms with Crippen LogP contribution in [0.25, 0.3) is 0 Å². The Labute approximate surface area is 178 Å². The molecule has 166 valence electrons. The fourth-order valence-electron chi connectivity index (χ4n) is 8.22. The van der Waals surface area contributed by atoms with Crippen LogP contribution in [-0.4, -0.2) is 36.1 Å². The number of rotatable bonds is 7. The fourth-order valence-corrected chi connectivity index (χ4v) is 8.22. The van der Waals surface area contributed by atoms with Crippen LogP contribution >= 0.6 is 0 Å². The molecular formula is C26H44O3. The lowest BCUT2D eigenvalue weighted by atomic mass is 9.47. The second-order valence-electron chi connectivity index (χ2n) is 11.3. The largest absolute Gasteiger partial charge is 0.393 e. The fraction of sp³-hybridized carbons (Fsp3) is 0.923. The predicted octanol–water partition coefficient (Wildman–Crippen LogP) is 5.49. The van der Waals surface area contributed by atoms with E-state index in [-0.39, 0.29) is 12.2 Å². The lowest BCUT2D eigenvalue weighted by molar-refractivity contribution is -0.0511. The summed E-state index contributed by atoms with van der Waals surface area (Å²) in [6, 6.07) is 0. The molecule has 4 aliphatic carbocycles. The number of fused-ring (bicyclic) bond motifs is 5. The highest BCUT2D eigenvalue weighted by Gasteiger charge is 2.58. The summed E-state index contributed by atoms with van der Waals surface area (Å²) in [5, 5.41) is 20.3. The molecule has 0 aliphatic heterocycles. The van der Waals surface area contributed by atoms with Crippen molar-refractivity contribution in [2.45, 2.75) is 103 Å². The quantitative estimate of drug-likeness (QED) is 0.551. The van der Waals surface area contributed by atoms with Crippen LogP contribution in [-0.2, 0) is 4.74 Å². The molecule has 0 spiro atoms. The van der Waals surface area contributed by atoms with E-state index in [4.69, 9.17) is 4.74 Å². The Hall–Kier alpha value is -0.380. The zero-order valence-corrected chi connectivity index (χ0v) is 19.0. The number of ether oxygens (including phenoxy) is 1. The third kappa shape index (κ3) is 3.96. The summed E-state index contributed by atoms with van der Waals surface area (Å²) in [4.78, 5) is 0. The molecular weight excluding hydrogens is 360 g/mol. The number of hydrogen-bond acceptors (Lipinski definition) is 3. The molecule has 0 radical (unpaired) electrons. The van der Waals surface area contributed by atoms with Gasteiger partial charge in [0.2, 0.25) is 0 Å². The van der Waals surface area contributed by atoms with Crippen molar-refractivity contribution in [1.82, 2.24) is 0 Å². The summed E-state index contributed by atoms with van der Waals surface area (Å²) in [6.07, 6.45) is 16.3. The van der Waals surface area contributed by atoms with Gasteiger partial charge in [-0.15, -0.1) is 0 Å². The van der Waals surface area contributed by atoms with Gasteiger partial charge in [0.15, 0.2) is 0 Å². The van der Waals surface area contributed by atoms with Gasteiger partial charge < -0.3 is 14.9 Å². The second-order valence-corrected chi connectivity index (χ2v) is 11.3. The number of methoxy groups -OCH3 is 1. The van der Waals surface area contributed by atoms with Gasteiger partial charge in [0.25, 0.3) is 0 Å². The van der Waals surface area contributed by atoms with Gasteiger partial charge in [-0.25, -0.2) is 0 Å². The van der Waals surface area contributed by atoms with Crippen LogP contribution in [0.4, 0.5) is 0 Å². The Morgan fingerprint density at radius 2 is 1.93 bits per heavy atom. The van der Waals surface area contributed by atoms with Crippen molar-refractivity contribution in [2.24, 2.45) is 34.5 Å². The molecule has 4 rings (SSSR count). The van der Waals surface area contributed by atoms with E-state index in [0.717, 1.165) is 55.8 Å². The number of allylic oxidation sites excluding steroid dienone is 1. The van der Waals surface area contributed by atoms with Gasteiger partial charge in [-0.05, 0) is 105 Å². The first kappa shape index (κ1) is 21.8. The van der Waals surface area contributed by atoms with Crippen molar-refractivity contribution in [3.63, 3.8) is 0 Å². The highest BCUT2D eigenvalue weighted by Crippen LogP contribution is 2.66. The highest BCUT2D eigenvalue weighted by atomic mass is 16.5. The first-order valence-corrected chi connectivity index (χ1v) is 12.4. The maximum absolute atomic E-state index is 10.2. The van der Waals surface area contributed by atoms with Gasteiger partial charge in [0, 0.05) is 13.7 Å². The van der Waals surface area contributed by atoms with Crippen molar-refractivity contribution in [3.05, 3.63) is 11.6 Å². The lowest BCUT2D eigenvalue weighted by Crippen LogP contribution is -2.50. The van der Waals surface area contributed by atoms with Crippen LogP contribution in [0.1, 0.15) is 90.9 Å². The smallest absolute Gasteiger partial charge is 0.0577 e. The van der Waals surface area contributed by atoms with Crippen LogP contribution in [0.2, 0.25) is 0 Å². The molecule has 0 heterocycles. The highest BCUT2D eigenvalue weighted by molar-refractivity contribution is 5.25. The molecule has 2 N–H and O–H groups in total. The Morgan fingerprint density at radius 3 is 2.72 bits per heavy atom. The minimum atomic E-state index is -0.195. The molecule has 0 aromatic rings.